The molecule has 7 heteroatoms. The SMILES string of the molecule is CN(C)C(CNC(=O)C(=O)NCc1ccc(Cl)cc1)c1ccc2c(c1)CCO2. The van der Waals surface area contributed by atoms with Crippen molar-refractivity contribution in [2.45, 2.75) is 19.0 Å². The lowest BCUT2D eigenvalue weighted by molar-refractivity contribution is -0.139. The van der Waals surface area contributed by atoms with Gasteiger partial charge in [-0.2, -0.15) is 0 Å². The van der Waals surface area contributed by atoms with Gasteiger partial charge in [-0.25, -0.2) is 0 Å². The second-order valence-corrected chi connectivity index (χ2v) is 7.40. The Kier molecular flexibility index (Phi) is 6.54. The van der Waals surface area contributed by atoms with Gasteiger partial charge in [0.2, 0.25) is 0 Å². The highest BCUT2D eigenvalue weighted by atomic mass is 35.5. The summed E-state index contributed by atoms with van der Waals surface area (Å²) in [5.41, 5.74) is 3.13. The Hall–Kier alpha value is -2.57. The van der Waals surface area contributed by atoms with Crippen molar-refractivity contribution >= 4 is 23.4 Å². The fourth-order valence-corrected chi connectivity index (χ4v) is 3.27. The van der Waals surface area contributed by atoms with Crippen molar-refractivity contribution < 1.29 is 14.3 Å². The van der Waals surface area contributed by atoms with Crippen LogP contribution in [-0.4, -0.2) is 44.0 Å². The van der Waals surface area contributed by atoms with Gasteiger partial charge in [0.1, 0.15) is 5.75 Å². The standard InChI is InChI=1S/C21H24ClN3O3/c1-25(2)18(15-5-8-19-16(11-15)9-10-28-19)13-24-21(27)20(26)23-12-14-3-6-17(22)7-4-14/h3-8,11,18H,9-10,12-13H2,1-2H3,(H,23,26)(H,24,27). The molecular weight excluding hydrogens is 378 g/mol. The number of hydrogen-bond donors (Lipinski definition) is 2. The molecule has 2 aromatic rings. The molecule has 0 saturated heterocycles. The smallest absolute Gasteiger partial charge is 0.309 e. The van der Waals surface area contributed by atoms with Gasteiger partial charge in [0, 0.05) is 24.5 Å². The molecule has 2 amide bonds. The number of nitrogens with zero attached hydrogens (tertiary/aromatic N) is 1. The lowest BCUT2D eigenvalue weighted by atomic mass is 10.0. The highest BCUT2D eigenvalue weighted by Crippen LogP contribution is 2.29. The van der Waals surface area contributed by atoms with E-state index in [2.05, 4.69) is 16.7 Å². The summed E-state index contributed by atoms with van der Waals surface area (Å²) < 4.78 is 5.55. The van der Waals surface area contributed by atoms with E-state index in [1.165, 1.54) is 5.56 Å². The number of carbonyl (C=O) groups is 2. The molecule has 0 fully saturated rings. The van der Waals surface area contributed by atoms with E-state index in [0.717, 1.165) is 23.3 Å². The average molecular weight is 402 g/mol. The minimum atomic E-state index is -0.658. The molecule has 0 spiro atoms. The van der Waals surface area contributed by atoms with Crippen molar-refractivity contribution in [2.75, 3.05) is 27.2 Å². The quantitative estimate of drug-likeness (QED) is 0.729. The van der Waals surface area contributed by atoms with Gasteiger partial charge in [0.15, 0.2) is 0 Å². The fraction of sp³-hybridized carbons (Fsp3) is 0.333. The lowest BCUT2D eigenvalue weighted by Gasteiger charge is -2.25. The Bertz CT molecular complexity index is 852. The molecule has 28 heavy (non-hydrogen) atoms. The zero-order chi connectivity index (χ0) is 20.1. The van der Waals surface area contributed by atoms with Crippen LogP contribution in [0.4, 0.5) is 0 Å². The number of rotatable bonds is 6. The van der Waals surface area contributed by atoms with Crippen LogP contribution < -0.4 is 15.4 Å². The van der Waals surface area contributed by atoms with Gasteiger partial charge in [-0.05, 0) is 49.0 Å². The van der Waals surface area contributed by atoms with E-state index in [-0.39, 0.29) is 12.6 Å². The Morgan fingerprint density at radius 2 is 1.82 bits per heavy atom. The predicted octanol–water partition coefficient (Wildman–Crippen LogP) is 2.31. The number of amides is 2. The summed E-state index contributed by atoms with van der Waals surface area (Å²) in [5, 5.41) is 5.98. The normalized spacial score (nSPS) is 13.6. The largest absolute Gasteiger partial charge is 0.493 e. The number of carbonyl (C=O) groups excluding carboxylic acids is 2. The molecule has 0 saturated carbocycles. The lowest BCUT2D eigenvalue weighted by Crippen LogP contribution is -2.42. The first-order valence-corrected chi connectivity index (χ1v) is 9.54. The summed E-state index contributed by atoms with van der Waals surface area (Å²) in [5.74, 6) is -0.382. The van der Waals surface area contributed by atoms with Crippen LogP contribution in [0.5, 0.6) is 5.75 Å². The van der Waals surface area contributed by atoms with Crippen LogP contribution in [-0.2, 0) is 22.6 Å². The molecule has 2 N–H and O–H groups in total. The zero-order valence-electron chi connectivity index (χ0n) is 16.0. The molecule has 3 rings (SSSR count). The summed E-state index contributed by atoms with van der Waals surface area (Å²) in [7, 11) is 3.89. The molecule has 0 bridgehead atoms. The van der Waals surface area contributed by atoms with Crippen molar-refractivity contribution in [2.24, 2.45) is 0 Å². The molecule has 2 aromatic carbocycles. The van der Waals surface area contributed by atoms with Gasteiger partial charge in [-0.1, -0.05) is 35.9 Å². The van der Waals surface area contributed by atoms with Gasteiger partial charge in [0.05, 0.1) is 12.6 Å². The van der Waals surface area contributed by atoms with E-state index in [1.54, 1.807) is 24.3 Å². The van der Waals surface area contributed by atoms with E-state index < -0.39 is 11.8 Å². The van der Waals surface area contributed by atoms with Crippen LogP contribution in [0.15, 0.2) is 42.5 Å². The van der Waals surface area contributed by atoms with Gasteiger partial charge < -0.3 is 20.3 Å². The fourth-order valence-electron chi connectivity index (χ4n) is 3.15. The Morgan fingerprint density at radius 3 is 2.54 bits per heavy atom. The first kappa shape index (κ1) is 20.2. The third-order valence-corrected chi connectivity index (χ3v) is 5.00. The van der Waals surface area contributed by atoms with E-state index in [4.69, 9.17) is 16.3 Å². The molecule has 0 aliphatic carbocycles. The Balaban J connectivity index is 1.55. The maximum atomic E-state index is 12.2. The van der Waals surface area contributed by atoms with Gasteiger partial charge in [0.25, 0.3) is 0 Å². The van der Waals surface area contributed by atoms with Crippen LogP contribution in [0.3, 0.4) is 0 Å². The highest BCUT2D eigenvalue weighted by molar-refractivity contribution is 6.35. The van der Waals surface area contributed by atoms with Crippen molar-refractivity contribution in [3.63, 3.8) is 0 Å². The van der Waals surface area contributed by atoms with Crippen molar-refractivity contribution in [1.29, 1.82) is 0 Å². The summed E-state index contributed by atoms with van der Waals surface area (Å²) in [6.45, 7) is 1.31. The minimum Gasteiger partial charge on any atom is -0.493 e. The topological polar surface area (TPSA) is 70.7 Å². The molecule has 6 nitrogen and oxygen atoms in total. The van der Waals surface area contributed by atoms with E-state index >= 15 is 0 Å². The van der Waals surface area contributed by atoms with E-state index in [0.29, 0.717) is 18.2 Å². The second-order valence-electron chi connectivity index (χ2n) is 6.96. The number of fused-ring (bicyclic) bond motifs is 1. The van der Waals surface area contributed by atoms with Crippen molar-refractivity contribution in [3.8, 4) is 5.75 Å². The molecule has 0 radical (unpaired) electrons. The third kappa shape index (κ3) is 5.03. The molecule has 0 aromatic heterocycles. The number of likely N-dealkylation sites (N-methyl/N-ethyl adjacent to an activating group) is 1. The Morgan fingerprint density at radius 1 is 1.11 bits per heavy atom. The molecule has 1 heterocycles. The summed E-state index contributed by atoms with van der Waals surface area (Å²) >= 11 is 5.84. The molecule has 148 valence electrons. The second kappa shape index (κ2) is 9.08. The van der Waals surface area contributed by atoms with Crippen molar-refractivity contribution in [3.05, 3.63) is 64.2 Å². The maximum absolute atomic E-state index is 12.2. The Labute approximate surface area is 169 Å². The molecule has 1 unspecified atom stereocenters. The van der Waals surface area contributed by atoms with E-state index in [1.807, 2.05) is 31.1 Å². The zero-order valence-corrected chi connectivity index (χ0v) is 16.8. The van der Waals surface area contributed by atoms with Crippen LogP contribution >= 0.6 is 11.6 Å². The monoisotopic (exact) mass is 401 g/mol. The summed E-state index contributed by atoms with van der Waals surface area (Å²) in [6.07, 6.45) is 0.892. The molecular formula is C21H24ClN3O3. The summed E-state index contributed by atoms with van der Waals surface area (Å²) in [4.78, 5) is 26.3. The van der Waals surface area contributed by atoms with E-state index in [9.17, 15) is 9.59 Å². The summed E-state index contributed by atoms with van der Waals surface area (Å²) in [6, 6.07) is 13.1. The number of nitrogens with one attached hydrogen (secondary N) is 2. The highest BCUT2D eigenvalue weighted by Gasteiger charge is 2.21. The number of halogens is 1. The number of ether oxygens (including phenoxy) is 1. The number of hydrogen-bond acceptors (Lipinski definition) is 4. The number of benzene rings is 2. The van der Waals surface area contributed by atoms with Crippen LogP contribution in [0.2, 0.25) is 5.02 Å². The van der Waals surface area contributed by atoms with Gasteiger partial charge in [-0.3, -0.25) is 9.59 Å². The molecule has 1 aliphatic rings. The predicted molar refractivity (Wildman–Crippen MR) is 108 cm³/mol. The minimum absolute atomic E-state index is 0.0427. The average Bonchev–Trinajstić information content (AvgIpc) is 3.15. The van der Waals surface area contributed by atoms with Gasteiger partial charge >= 0.3 is 11.8 Å². The maximum Gasteiger partial charge on any atom is 0.309 e. The molecule has 1 aliphatic heterocycles. The first-order chi connectivity index (χ1) is 13.4. The first-order valence-electron chi connectivity index (χ1n) is 9.16. The van der Waals surface area contributed by atoms with Crippen LogP contribution in [0, 0.1) is 0 Å². The third-order valence-electron chi connectivity index (χ3n) is 4.75. The van der Waals surface area contributed by atoms with Gasteiger partial charge in [-0.15, -0.1) is 0 Å². The molecule has 1 atom stereocenters. The van der Waals surface area contributed by atoms with Crippen molar-refractivity contribution in [1.82, 2.24) is 15.5 Å². The van der Waals surface area contributed by atoms with Crippen LogP contribution in [0.25, 0.3) is 0 Å². The van der Waals surface area contributed by atoms with Crippen LogP contribution in [0.1, 0.15) is 22.7 Å².